The molecule has 1 aromatic carbocycles. The van der Waals surface area contributed by atoms with Gasteiger partial charge in [-0.3, -0.25) is 0 Å². The molecule has 1 unspecified atom stereocenters. The van der Waals surface area contributed by atoms with Crippen molar-refractivity contribution in [2.45, 2.75) is 25.9 Å². The molecule has 14 heavy (non-hydrogen) atoms. The molecule has 1 nitrogen and oxygen atoms in total. The molecule has 0 saturated heterocycles. The van der Waals surface area contributed by atoms with Gasteiger partial charge in [0.15, 0.2) is 0 Å². The maximum absolute atomic E-state index is 12.8. The molecule has 0 radical (unpaired) electrons. The molecule has 1 atom stereocenters. The lowest BCUT2D eigenvalue weighted by Crippen LogP contribution is -2.29. The van der Waals surface area contributed by atoms with E-state index in [9.17, 15) is 4.39 Å². The summed E-state index contributed by atoms with van der Waals surface area (Å²) in [4.78, 5) is 0. The standard InChI is InChI=1S/C11H15ClFN/c1-8(2)14-11(7-13)9-5-3-4-6-10(9)12/h3-6,8,11,14H,7H2,1-2H3. The molecule has 0 bridgehead atoms. The second-order valence-electron chi connectivity index (χ2n) is 3.55. The van der Waals surface area contributed by atoms with Gasteiger partial charge in [-0.2, -0.15) is 0 Å². The van der Waals surface area contributed by atoms with E-state index in [0.717, 1.165) is 5.56 Å². The van der Waals surface area contributed by atoms with Gasteiger partial charge in [0, 0.05) is 11.1 Å². The van der Waals surface area contributed by atoms with Crippen LogP contribution < -0.4 is 5.32 Å². The van der Waals surface area contributed by atoms with Crippen LogP contribution in [0.5, 0.6) is 0 Å². The van der Waals surface area contributed by atoms with Crippen molar-refractivity contribution in [3.8, 4) is 0 Å². The minimum absolute atomic E-state index is 0.243. The fraction of sp³-hybridized carbons (Fsp3) is 0.455. The van der Waals surface area contributed by atoms with Crippen molar-refractivity contribution in [3.05, 3.63) is 34.9 Å². The summed E-state index contributed by atoms with van der Waals surface area (Å²) < 4.78 is 12.8. The van der Waals surface area contributed by atoms with Gasteiger partial charge in [-0.25, -0.2) is 4.39 Å². The zero-order valence-electron chi connectivity index (χ0n) is 8.43. The van der Waals surface area contributed by atoms with Gasteiger partial charge in [0.25, 0.3) is 0 Å². The quantitative estimate of drug-likeness (QED) is 0.812. The Kier molecular flexibility index (Phi) is 4.36. The van der Waals surface area contributed by atoms with E-state index in [1.54, 1.807) is 6.07 Å². The molecule has 0 heterocycles. The van der Waals surface area contributed by atoms with E-state index in [4.69, 9.17) is 11.6 Å². The largest absolute Gasteiger partial charge is 0.305 e. The van der Waals surface area contributed by atoms with Crippen LogP contribution in [0.2, 0.25) is 5.02 Å². The van der Waals surface area contributed by atoms with Gasteiger partial charge in [-0.1, -0.05) is 43.6 Å². The average Bonchev–Trinajstić information content (AvgIpc) is 2.15. The highest BCUT2D eigenvalue weighted by atomic mass is 35.5. The van der Waals surface area contributed by atoms with Crippen LogP contribution in [-0.2, 0) is 0 Å². The Morgan fingerprint density at radius 1 is 1.36 bits per heavy atom. The van der Waals surface area contributed by atoms with Crippen LogP contribution in [0.25, 0.3) is 0 Å². The number of hydrogen-bond donors (Lipinski definition) is 1. The van der Waals surface area contributed by atoms with Gasteiger partial charge < -0.3 is 5.32 Å². The molecule has 78 valence electrons. The molecular weight excluding hydrogens is 201 g/mol. The smallest absolute Gasteiger partial charge is 0.109 e. The molecule has 0 saturated carbocycles. The summed E-state index contributed by atoms with van der Waals surface area (Å²) in [5.74, 6) is 0. The Bertz CT molecular complexity index is 288. The normalized spacial score (nSPS) is 13.2. The SMILES string of the molecule is CC(C)NC(CF)c1ccccc1Cl. The summed E-state index contributed by atoms with van der Waals surface area (Å²) in [7, 11) is 0. The molecule has 1 aromatic rings. The highest BCUT2D eigenvalue weighted by Crippen LogP contribution is 2.23. The zero-order valence-corrected chi connectivity index (χ0v) is 9.18. The molecule has 0 aliphatic rings. The average molecular weight is 216 g/mol. The maximum atomic E-state index is 12.8. The number of hydrogen-bond acceptors (Lipinski definition) is 1. The highest BCUT2D eigenvalue weighted by molar-refractivity contribution is 6.31. The third-order valence-corrected chi connectivity index (χ3v) is 2.31. The summed E-state index contributed by atoms with van der Waals surface area (Å²) >= 11 is 5.97. The van der Waals surface area contributed by atoms with Crippen LogP contribution >= 0.6 is 11.6 Å². The Balaban J connectivity index is 2.83. The van der Waals surface area contributed by atoms with Crippen LogP contribution in [0, 0.1) is 0 Å². The molecule has 0 amide bonds. The fourth-order valence-electron chi connectivity index (χ4n) is 1.38. The predicted molar refractivity (Wildman–Crippen MR) is 58.4 cm³/mol. The van der Waals surface area contributed by atoms with Gasteiger partial charge in [0.2, 0.25) is 0 Å². The zero-order chi connectivity index (χ0) is 10.6. The van der Waals surface area contributed by atoms with Gasteiger partial charge >= 0.3 is 0 Å². The summed E-state index contributed by atoms with van der Waals surface area (Å²) in [5, 5.41) is 3.74. The molecule has 3 heteroatoms. The number of rotatable bonds is 4. The van der Waals surface area contributed by atoms with Crippen molar-refractivity contribution in [2.75, 3.05) is 6.67 Å². The minimum atomic E-state index is -0.443. The monoisotopic (exact) mass is 215 g/mol. The van der Waals surface area contributed by atoms with Crippen molar-refractivity contribution >= 4 is 11.6 Å². The van der Waals surface area contributed by atoms with Crippen molar-refractivity contribution in [1.29, 1.82) is 0 Å². The van der Waals surface area contributed by atoms with Crippen molar-refractivity contribution < 1.29 is 4.39 Å². The van der Waals surface area contributed by atoms with E-state index in [1.165, 1.54) is 0 Å². The summed E-state index contributed by atoms with van der Waals surface area (Å²) in [6, 6.07) is 7.28. The summed E-state index contributed by atoms with van der Waals surface area (Å²) in [5.41, 5.74) is 0.824. The predicted octanol–water partition coefficient (Wildman–Crippen LogP) is 3.35. The topological polar surface area (TPSA) is 12.0 Å². The number of alkyl halides is 1. The van der Waals surface area contributed by atoms with E-state index in [2.05, 4.69) is 5.32 Å². The first-order valence-electron chi connectivity index (χ1n) is 4.71. The van der Waals surface area contributed by atoms with Gasteiger partial charge in [0.05, 0.1) is 6.04 Å². The van der Waals surface area contributed by atoms with Crippen LogP contribution in [0.1, 0.15) is 25.5 Å². The summed E-state index contributed by atoms with van der Waals surface area (Å²) in [6.45, 7) is 3.53. The van der Waals surface area contributed by atoms with E-state index in [0.29, 0.717) is 5.02 Å². The first-order chi connectivity index (χ1) is 6.65. The molecular formula is C11H15ClFN. The number of halogens is 2. The molecule has 0 aliphatic carbocycles. The third kappa shape index (κ3) is 2.96. The lowest BCUT2D eigenvalue weighted by Gasteiger charge is -2.19. The minimum Gasteiger partial charge on any atom is -0.305 e. The van der Waals surface area contributed by atoms with E-state index in [1.807, 2.05) is 32.0 Å². The van der Waals surface area contributed by atoms with Crippen molar-refractivity contribution in [2.24, 2.45) is 0 Å². The molecule has 1 rings (SSSR count). The lowest BCUT2D eigenvalue weighted by atomic mass is 10.1. The van der Waals surface area contributed by atoms with Gasteiger partial charge in [-0.15, -0.1) is 0 Å². The van der Waals surface area contributed by atoms with Crippen molar-refractivity contribution in [1.82, 2.24) is 5.32 Å². The first kappa shape index (κ1) is 11.5. The van der Waals surface area contributed by atoms with Crippen LogP contribution in [0.3, 0.4) is 0 Å². The Hall–Kier alpha value is -0.600. The third-order valence-electron chi connectivity index (χ3n) is 1.97. The first-order valence-corrected chi connectivity index (χ1v) is 5.09. The van der Waals surface area contributed by atoms with Crippen LogP contribution in [-0.4, -0.2) is 12.7 Å². The molecule has 0 spiro atoms. The van der Waals surface area contributed by atoms with Crippen LogP contribution in [0.4, 0.5) is 4.39 Å². The number of nitrogens with one attached hydrogen (secondary N) is 1. The Morgan fingerprint density at radius 3 is 2.50 bits per heavy atom. The fourth-order valence-corrected chi connectivity index (χ4v) is 1.64. The van der Waals surface area contributed by atoms with Gasteiger partial charge in [0.1, 0.15) is 6.67 Å². The lowest BCUT2D eigenvalue weighted by molar-refractivity contribution is 0.362. The van der Waals surface area contributed by atoms with E-state index >= 15 is 0 Å². The number of benzene rings is 1. The van der Waals surface area contributed by atoms with Crippen LogP contribution in [0.15, 0.2) is 24.3 Å². The van der Waals surface area contributed by atoms with E-state index < -0.39 is 6.67 Å². The molecule has 0 aromatic heterocycles. The van der Waals surface area contributed by atoms with Crippen molar-refractivity contribution in [3.63, 3.8) is 0 Å². The molecule has 1 N–H and O–H groups in total. The summed E-state index contributed by atoms with van der Waals surface area (Å²) in [6.07, 6.45) is 0. The second-order valence-corrected chi connectivity index (χ2v) is 3.96. The Morgan fingerprint density at radius 2 is 2.00 bits per heavy atom. The highest BCUT2D eigenvalue weighted by Gasteiger charge is 2.14. The van der Waals surface area contributed by atoms with E-state index in [-0.39, 0.29) is 12.1 Å². The molecule has 0 fully saturated rings. The second kappa shape index (κ2) is 5.32. The van der Waals surface area contributed by atoms with Gasteiger partial charge in [-0.05, 0) is 11.6 Å². The Labute approximate surface area is 89.3 Å². The maximum Gasteiger partial charge on any atom is 0.109 e. The molecule has 0 aliphatic heterocycles.